The molecule has 3 heterocycles. The lowest BCUT2D eigenvalue weighted by Crippen LogP contribution is -2.62. The number of benzene rings is 1. The van der Waals surface area contributed by atoms with E-state index in [0.29, 0.717) is 25.1 Å². The maximum atomic E-state index is 12.5. The van der Waals surface area contributed by atoms with Crippen LogP contribution in [0.15, 0.2) is 24.4 Å². The van der Waals surface area contributed by atoms with Gasteiger partial charge in [-0.15, -0.1) is 0 Å². The third-order valence-corrected chi connectivity index (χ3v) is 10.2. The molecule has 11 atom stereocenters. The Kier molecular flexibility index (Phi) is 18.2. The molecule has 53 heavy (non-hydrogen) atoms. The molecule has 15 heteroatoms. The van der Waals surface area contributed by atoms with Gasteiger partial charge < -0.3 is 70.1 Å². The van der Waals surface area contributed by atoms with Gasteiger partial charge in [0.25, 0.3) is 0 Å². The van der Waals surface area contributed by atoms with Crippen LogP contribution in [0.25, 0.3) is 10.9 Å². The van der Waals surface area contributed by atoms with E-state index in [9.17, 15) is 45.6 Å². The lowest BCUT2D eigenvalue weighted by atomic mass is 9.98. The fraction of sp³-hybridized carbons (Fsp3) is 0.763. The number of carbonyl (C=O) groups excluding carboxylic acids is 1. The summed E-state index contributed by atoms with van der Waals surface area (Å²) in [6, 6.07) is 5.18. The van der Waals surface area contributed by atoms with Gasteiger partial charge in [0.05, 0.1) is 19.3 Å². The maximum absolute atomic E-state index is 12.5. The van der Waals surface area contributed by atoms with Gasteiger partial charge in [0, 0.05) is 30.1 Å². The Hall–Kier alpha value is -2.41. The summed E-state index contributed by atoms with van der Waals surface area (Å²) in [5, 5.41) is 84.6. The average Bonchev–Trinajstić information content (AvgIpc) is 3.54. The first kappa shape index (κ1) is 43.3. The number of aliphatic hydroxyl groups excluding tert-OH is 8. The number of rotatable bonds is 23. The number of ether oxygens (including phenoxy) is 4. The molecule has 15 nitrogen and oxygen atoms in total. The third kappa shape index (κ3) is 13.1. The highest BCUT2D eigenvalue weighted by atomic mass is 16.7. The molecule has 4 rings (SSSR count). The second-order valence-corrected chi connectivity index (χ2v) is 14.6. The quantitative estimate of drug-likeness (QED) is 0.0720. The zero-order valence-corrected chi connectivity index (χ0v) is 30.8. The van der Waals surface area contributed by atoms with E-state index < -0.39 is 74.6 Å². The van der Waals surface area contributed by atoms with Crippen molar-refractivity contribution in [1.29, 1.82) is 0 Å². The number of hydrogen-bond donors (Lipinski definition) is 10. The third-order valence-electron chi connectivity index (χ3n) is 10.2. The van der Waals surface area contributed by atoms with Crippen LogP contribution in [-0.2, 0) is 25.4 Å². The summed E-state index contributed by atoms with van der Waals surface area (Å²) in [6.07, 6.45) is 1.31. The van der Waals surface area contributed by atoms with Crippen LogP contribution in [0.4, 0.5) is 0 Å². The van der Waals surface area contributed by atoms with E-state index in [2.05, 4.69) is 10.3 Å². The first-order valence-electron chi connectivity index (χ1n) is 19.3. The highest BCUT2D eigenvalue weighted by Gasteiger charge is 2.48. The molecule has 1 aromatic heterocycles. The molecular weight excluding hydrogens is 692 g/mol. The summed E-state index contributed by atoms with van der Waals surface area (Å²) in [7, 11) is 0. The number of aromatic nitrogens is 1. The molecule has 2 aliphatic heterocycles. The molecule has 2 aromatic rings. The van der Waals surface area contributed by atoms with Crippen molar-refractivity contribution >= 4 is 16.8 Å². The highest BCUT2D eigenvalue weighted by molar-refractivity contribution is 5.84. The van der Waals surface area contributed by atoms with Crippen molar-refractivity contribution in [1.82, 2.24) is 10.3 Å². The standard InChI is InChI=1S/C38H62N2O13/c1-23(42)13-11-9-7-5-3-2-4-6-8-10-12-14-30(43)39-18-17-24-20-40-27-16-15-25(19-26(24)27)51-38-36(49)34(47)32(45)29(53-38)22-50-37-35(48)33(46)31(44)28(21-41)52-37/h15-16,19-20,23,28-29,31-38,40-42,44-49H,2-14,17-18,21-22H2,1H3,(H,39,43). The van der Waals surface area contributed by atoms with Gasteiger partial charge in [-0.05, 0) is 49.9 Å². The summed E-state index contributed by atoms with van der Waals surface area (Å²) >= 11 is 0. The van der Waals surface area contributed by atoms with Crippen LogP contribution in [0.1, 0.15) is 96.0 Å². The number of nitrogens with one attached hydrogen (secondary N) is 2. The van der Waals surface area contributed by atoms with E-state index in [1.807, 2.05) is 13.1 Å². The van der Waals surface area contributed by atoms with Gasteiger partial charge in [0.2, 0.25) is 12.2 Å². The van der Waals surface area contributed by atoms with Crippen molar-refractivity contribution in [2.24, 2.45) is 0 Å². The van der Waals surface area contributed by atoms with E-state index in [0.717, 1.165) is 48.6 Å². The van der Waals surface area contributed by atoms with Crippen molar-refractivity contribution in [3.05, 3.63) is 30.0 Å². The number of amides is 1. The van der Waals surface area contributed by atoms with Crippen LogP contribution in [0.5, 0.6) is 5.75 Å². The molecule has 0 saturated carbocycles. The fourth-order valence-electron chi connectivity index (χ4n) is 6.86. The van der Waals surface area contributed by atoms with E-state index in [-0.39, 0.29) is 12.0 Å². The fourth-order valence-corrected chi connectivity index (χ4v) is 6.86. The van der Waals surface area contributed by atoms with Crippen molar-refractivity contribution < 1.29 is 64.6 Å². The Morgan fingerprint density at radius 1 is 0.792 bits per heavy atom. The van der Waals surface area contributed by atoms with Gasteiger partial charge in [-0.1, -0.05) is 64.2 Å². The zero-order chi connectivity index (χ0) is 38.3. The monoisotopic (exact) mass is 754 g/mol. The van der Waals surface area contributed by atoms with Gasteiger partial charge in [-0.3, -0.25) is 4.79 Å². The molecule has 302 valence electrons. The van der Waals surface area contributed by atoms with E-state index >= 15 is 0 Å². The van der Waals surface area contributed by atoms with Crippen LogP contribution in [0, 0.1) is 0 Å². The van der Waals surface area contributed by atoms with Crippen LogP contribution < -0.4 is 10.1 Å². The number of fused-ring (bicyclic) bond motifs is 1. The molecule has 2 saturated heterocycles. The molecule has 1 aromatic carbocycles. The Labute approximate surface area is 311 Å². The molecule has 0 spiro atoms. The Bertz CT molecular complexity index is 1340. The molecular formula is C38H62N2O13. The molecule has 0 bridgehead atoms. The lowest BCUT2D eigenvalue weighted by molar-refractivity contribution is -0.323. The van der Waals surface area contributed by atoms with Crippen LogP contribution in [0.2, 0.25) is 0 Å². The van der Waals surface area contributed by atoms with Gasteiger partial charge in [-0.2, -0.15) is 0 Å². The predicted octanol–water partition coefficient (Wildman–Crippen LogP) is 1.28. The Morgan fingerprint density at radius 3 is 2.02 bits per heavy atom. The summed E-state index contributed by atoms with van der Waals surface area (Å²) in [5.74, 6) is 0.339. The molecule has 2 aliphatic rings. The zero-order valence-electron chi connectivity index (χ0n) is 30.8. The summed E-state index contributed by atoms with van der Waals surface area (Å²) in [6.45, 7) is 1.19. The second-order valence-electron chi connectivity index (χ2n) is 14.6. The lowest BCUT2D eigenvalue weighted by Gasteiger charge is -2.42. The Morgan fingerprint density at radius 2 is 1.38 bits per heavy atom. The number of hydrogen-bond acceptors (Lipinski definition) is 13. The average molecular weight is 755 g/mol. The number of unbranched alkanes of at least 4 members (excludes halogenated alkanes) is 10. The summed E-state index contributed by atoms with van der Waals surface area (Å²) in [4.78, 5) is 15.7. The van der Waals surface area contributed by atoms with E-state index in [1.54, 1.807) is 18.2 Å². The molecule has 10 N–H and O–H groups in total. The molecule has 11 unspecified atom stereocenters. The van der Waals surface area contributed by atoms with Gasteiger partial charge in [0.15, 0.2) is 6.29 Å². The van der Waals surface area contributed by atoms with Crippen molar-refractivity contribution in [3.63, 3.8) is 0 Å². The van der Waals surface area contributed by atoms with Gasteiger partial charge >= 0.3 is 0 Å². The SMILES string of the molecule is CC(O)CCCCCCCCCCCCCC(=O)NCCc1c[nH]c2ccc(OC3OC(COC4OC(CO)C(O)C(O)C4O)C(O)C(O)C3O)cc12. The highest BCUT2D eigenvalue weighted by Crippen LogP contribution is 2.29. The largest absolute Gasteiger partial charge is 0.462 e. The molecule has 2 fully saturated rings. The number of aliphatic hydroxyl groups is 8. The topological polar surface area (TPSA) is 244 Å². The number of aromatic amines is 1. The molecule has 0 radical (unpaired) electrons. The van der Waals surface area contributed by atoms with Gasteiger partial charge in [0.1, 0.15) is 54.6 Å². The first-order valence-corrected chi connectivity index (χ1v) is 19.3. The minimum absolute atomic E-state index is 0.0266. The van der Waals surface area contributed by atoms with Crippen molar-refractivity contribution in [3.8, 4) is 5.75 Å². The number of H-pyrrole nitrogens is 1. The second kappa shape index (κ2) is 22.2. The van der Waals surface area contributed by atoms with Gasteiger partial charge in [-0.25, -0.2) is 0 Å². The summed E-state index contributed by atoms with van der Waals surface area (Å²) < 4.78 is 22.5. The van der Waals surface area contributed by atoms with E-state index in [4.69, 9.17) is 18.9 Å². The van der Waals surface area contributed by atoms with Crippen LogP contribution in [0.3, 0.4) is 0 Å². The van der Waals surface area contributed by atoms with Crippen LogP contribution >= 0.6 is 0 Å². The minimum atomic E-state index is -1.68. The maximum Gasteiger partial charge on any atom is 0.229 e. The summed E-state index contributed by atoms with van der Waals surface area (Å²) in [5.41, 5.74) is 1.77. The minimum Gasteiger partial charge on any atom is -0.462 e. The van der Waals surface area contributed by atoms with Crippen molar-refractivity contribution in [2.45, 2.75) is 164 Å². The molecule has 0 aliphatic carbocycles. The Balaban J connectivity index is 1.16. The molecule has 1 amide bonds. The smallest absolute Gasteiger partial charge is 0.229 e. The normalized spacial score (nSPS) is 29.7. The van der Waals surface area contributed by atoms with Crippen molar-refractivity contribution in [2.75, 3.05) is 19.8 Å². The predicted molar refractivity (Wildman–Crippen MR) is 194 cm³/mol. The first-order chi connectivity index (χ1) is 25.5. The van der Waals surface area contributed by atoms with E-state index in [1.165, 1.54) is 44.9 Å². The van der Waals surface area contributed by atoms with Crippen LogP contribution in [-0.4, -0.2) is 139 Å². The number of carbonyl (C=O) groups is 1.